The van der Waals surface area contributed by atoms with E-state index in [2.05, 4.69) is 26.0 Å². The predicted octanol–water partition coefficient (Wildman–Crippen LogP) is 1.50. The van der Waals surface area contributed by atoms with Crippen LogP contribution < -0.4 is 10.0 Å². The molecule has 1 aromatic carbocycles. The van der Waals surface area contributed by atoms with Gasteiger partial charge < -0.3 is 5.32 Å². The molecule has 0 atom stereocenters. The van der Waals surface area contributed by atoms with Crippen molar-refractivity contribution in [3.63, 3.8) is 0 Å². The SMILES string of the molecule is CC(C)CNC(=O)CNS(=O)(=O)c1cccc(Br)c1. The molecule has 0 unspecified atom stereocenters. The van der Waals surface area contributed by atoms with Gasteiger partial charge in [0.05, 0.1) is 11.4 Å². The number of carbonyl (C=O) groups is 1. The Morgan fingerprint density at radius 3 is 2.63 bits per heavy atom. The summed E-state index contributed by atoms with van der Waals surface area (Å²) < 4.78 is 26.8. The zero-order valence-electron chi connectivity index (χ0n) is 10.8. The van der Waals surface area contributed by atoms with Crippen LogP contribution in [0.5, 0.6) is 0 Å². The molecule has 0 radical (unpaired) electrons. The highest BCUT2D eigenvalue weighted by atomic mass is 79.9. The molecule has 2 N–H and O–H groups in total. The molecule has 19 heavy (non-hydrogen) atoms. The highest BCUT2D eigenvalue weighted by Gasteiger charge is 2.15. The predicted molar refractivity (Wildman–Crippen MR) is 77.2 cm³/mol. The van der Waals surface area contributed by atoms with Crippen LogP contribution in [0.15, 0.2) is 33.6 Å². The van der Waals surface area contributed by atoms with Gasteiger partial charge >= 0.3 is 0 Å². The van der Waals surface area contributed by atoms with Crippen molar-refractivity contribution < 1.29 is 13.2 Å². The third-order valence-electron chi connectivity index (χ3n) is 2.24. The van der Waals surface area contributed by atoms with Crippen LogP contribution in [0.1, 0.15) is 13.8 Å². The number of benzene rings is 1. The van der Waals surface area contributed by atoms with Crippen LogP contribution in [0.3, 0.4) is 0 Å². The maximum atomic E-state index is 11.9. The van der Waals surface area contributed by atoms with Gasteiger partial charge in [-0.2, -0.15) is 0 Å². The van der Waals surface area contributed by atoms with Crippen LogP contribution in [0.4, 0.5) is 0 Å². The molecular formula is C12H17BrN2O3S. The van der Waals surface area contributed by atoms with Crippen molar-refractivity contribution in [3.05, 3.63) is 28.7 Å². The first kappa shape index (κ1) is 16.1. The average molecular weight is 349 g/mol. The molecule has 7 heteroatoms. The lowest BCUT2D eigenvalue weighted by atomic mass is 10.2. The van der Waals surface area contributed by atoms with Crippen molar-refractivity contribution in [2.45, 2.75) is 18.7 Å². The van der Waals surface area contributed by atoms with E-state index in [9.17, 15) is 13.2 Å². The third-order valence-corrected chi connectivity index (χ3v) is 4.13. The van der Waals surface area contributed by atoms with Gasteiger partial charge in [0, 0.05) is 11.0 Å². The van der Waals surface area contributed by atoms with Gasteiger partial charge in [-0.25, -0.2) is 13.1 Å². The van der Waals surface area contributed by atoms with Crippen LogP contribution >= 0.6 is 15.9 Å². The Labute approximate surface area is 122 Å². The zero-order valence-corrected chi connectivity index (χ0v) is 13.2. The number of hydrogen-bond donors (Lipinski definition) is 2. The summed E-state index contributed by atoms with van der Waals surface area (Å²) in [5.74, 6) is -0.0158. The monoisotopic (exact) mass is 348 g/mol. The van der Waals surface area contributed by atoms with E-state index in [1.54, 1.807) is 12.1 Å². The summed E-state index contributed by atoms with van der Waals surface area (Å²) >= 11 is 3.20. The molecule has 0 aliphatic carbocycles. The van der Waals surface area contributed by atoms with Crippen molar-refractivity contribution in [2.24, 2.45) is 5.92 Å². The molecular weight excluding hydrogens is 332 g/mol. The number of sulfonamides is 1. The second kappa shape index (κ2) is 7.02. The second-order valence-corrected chi connectivity index (χ2v) is 7.16. The Morgan fingerprint density at radius 2 is 2.05 bits per heavy atom. The number of amides is 1. The lowest BCUT2D eigenvalue weighted by molar-refractivity contribution is -0.120. The van der Waals surface area contributed by atoms with Gasteiger partial charge in [-0.05, 0) is 24.1 Å². The van der Waals surface area contributed by atoms with Crippen molar-refractivity contribution >= 4 is 31.9 Å². The van der Waals surface area contributed by atoms with E-state index in [4.69, 9.17) is 0 Å². The minimum absolute atomic E-state index is 0.124. The fourth-order valence-electron chi connectivity index (χ4n) is 1.26. The molecule has 0 aliphatic heterocycles. The van der Waals surface area contributed by atoms with Crippen LogP contribution in [0, 0.1) is 5.92 Å². The van der Waals surface area contributed by atoms with Crippen LogP contribution in [-0.4, -0.2) is 27.4 Å². The molecule has 0 aliphatic rings. The topological polar surface area (TPSA) is 75.3 Å². The number of halogens is 1. The summed E-state index contributed by atoms with van der Waals surface area (Å²) in [7, 11) is -3.66. The molecule has 0 saturated carbocycles. The normalized spacial score (nSPS) is 11.6. The quantitative estimate of drug-likeness (QED) is 0.817. The Hall–Kier alpha value is -0.920. The number of nitrogens with one attached hydrogen (secondary N) is 2. The molecule has 106 valence electrons. The molecule has 0 bridgehead atoms. The second-order valence-electron chi connectivity index (χ2n) is 4.48. The van der Waals surface area contributed by atoms with Gasteiger partial charge in [-0.3, -0.25) is 4.79 Å². The van der Waals surface area contributed by atoms with E-state index >= 15 is 0 Å². The van der Waals surface area contributed by atoms with Gasteiger partial charge in [-0.1, -0.05) is 35.8 Å². The van der Waals surface area contributed by atoms with Crippen LogP contribution in [0.2, 0.25) is 0 Å². The lowest BCUT2D eigenvalue weighted by Crippen LogP contribution is -2.38. The highest BCUT2D eigenvalue weighted by Crippen LogP contribution is 2.15. The summed E-state index contributed by atoms with van der Waals surface area (Å²) in [5.41, 5.74) is 0. The van der Waals surface area contributed by atoms with Crippen LogP contribution in [0.25, 0.3) is 0 Å². The summed E-state index contributed by atoms with van der Waals surface area (Å²) in [6, 6.07) is 6.30. The Morgan fingerprint density at radius 1 is 1.37 bits per heavy atom. The van der Waals surface area contributed by atoms with Crippen molar-refractivity contribution in [3.8, 4) is 0 Å². The van der Waals surface area contributed by atoms with E-state index in [1.807, 2.05) is 13.8 Å². The first-order valence-electron chi connectivity index (χ1n) is 5.83. The van der Waals surface area contributed by atoms with Crippen molar-refractivity contribution in [2.75, 3.05) is 13.1 Å². The summed E-state index contributed by atoms with van der Waals surface area (Å²) in [5, 5.41) is 2.64. The van der Waals surface area contributed by atoms with Gasteiger partial charge in [0.1, 0.15) is 0 Å². The van der Waals surface area contributed by atoms with Gasteiger partial charge in [0.2, 0.25) is 15.9 Å². The van der Waals surface area contributed by atoms with E-state index in [-0.39, 0.29) is 17.3 Å². The highest BCUT2D eigenvalue weighted by molar-refractivity contribution is 9.10. The molecule has 5 nitrogen and oxygen atoms in total. The van der Waals surface area contributed by atoms with Gasteiger partial charge in [-0.15, -0.1) is 0 Å². The largest absolute Gasteiger partial charge is 0.355 e. The van der Waals surface area contributed by atoms with E-state index in [0.29, 0.717) is 16.9 Å². The minimum Gasteiger partial charge on any atom is -0.355 e. The Kier molecular flexibility index (Phi) is 5.96. The fraction of sp³-hybridized carbons (Fsp3) is 0.417. The van der Waals surface area contributed by atoms with Crippen molar-refractivity contribution in [1.29, 1.82) is 0 Å². The molecule has 0 saturated heterocycles. The van der Waals surface area contributed by atoms with E-state index < -0.39 is 10.0 Å². The maximum absolute atomic E-state index is 11.9. The Balaban J connectivity index is 2.59. The molecule has 0 fully saturated rings. The fourth-order valence-corrected chi connectivity index (χ4v) is 2.84. The van der Waals surface area contributed by atoms with E-state index in [1.165, 1.54) is 12.1 Å². The average Bonchev–Trinajstić information content (AvgIpc) is 2.34. The summed E-state index contributed by atoms with van der Waals surface area (Å²) in [4.78, 5) is 11.6. The molecule has 0 spiro atoms. The van der Waals surface area contributed by atoms with Gasteiger partial charge in [0.15, 0.2) is 0 Å². The molecule has 0 aromatic heterocycles. The third kappa shape index (κ3) is 5.71. The van der Waals surface area contributed by atoms with Gasteiger partial charge in [0.25, 0.3) is 0 Å². The zero-order chi connectivity index (χ0) is 14.5. The van der Waals surface area contributed by atoms with E-state index in [0.717, 1.165) is 0 Å². The van der Waals surface area contributed by atoms with Crippen molar-refractivity contribution in [1.82, 2.24) is 10.0 Å². The number of hydrogen-bond acceptors (Lipinski definition) is 3. The summed E-state index contributed by atoms with van der Waals surface area (Å²) in [6.07, 6.45) is 0. The molecule has 0 heterocycles. The molecule has 1 rings (SSSR count). The van der Waals surface area contributed by atoms with Crippen LogP contribution in [-0.2, 0) is 14.8 Å². The standard InChI is InChI=1S/C12H17BrN2O3S/c1-9(2)7-14-12(16)8-15-19(17,18)11-5-3-4-10(13)6-11/h3-6,9,15H,7-8H2,1-2H3,(H,14,16). The smallest absolute Gasteiger partial charge is 0.241 e. The molecule has 1 aromatic rings. The summed E-state index contributed by atoms with van der Waals surface area (Å²) in [6.45, 7) is 4.19. The lowest BCUT2D eigenvalue weighted by Gasteiger charge is -2.09. The minimum atomic E-state index is -3.66. The number of rotatable bonds is 6. The maximum Gasteiger partial charge on any atom is 0.241 e. The Bertz CT molecular complexity index is 544. The first-order chi connectivity index (χ1) is 8.81. The number of carbonyl (C=O) groups excluding carboxylic acids is 1. The molecule has 1 amide bonds. The first-order valence-corrected chi connectivity index (χ1v) is 8.11.